The van der Waals surface area contributed by atoms with Gasteiger partial charge >= 0.3 is 0 Å². The van der Waals surface area contributed by atoms with Crippen LogP contribution in [0.2, 0.25) is 0 Å². The topological polar surface area (TPSA) is 76.4 Å². The smallest absolute Gasteiger partial charge is 0.191 e. The van der Waals surface area contributed by atoms with Crippen LogP contribution in [0, 0.1) is 12.8 Å². The van der Waals surface area contributed by atoms with Gasteiger partial charge in [0.2, 0.25) is 0 Å². The van der Waals surface area contributed by atoms with Crippen LogP contribution in [0.15, 0.2) is 35.8 Å². The van der Waals surface area contributed by atoms with Gasteiger partial charge in [0.25, 0.3) is 0 Å². The fourth-order valence-corrected chi connectivity index (χ4v) is 2.80. The summed E-state index contributed by atoms with van der Waals surface area (Å²) in [7, 11) is 0. The highest BCUT2D eigenvalue weighted by molar-refractivity contribution is 5.79. The molecule has 0 aliphatic rings. The summed E-state index contributed by atoms with van der Waals surface area (Å²) >= 11 is 0. The van der Waals surface area contributed by atoms with Gasteiger partial charge in [-0.25, -0.2) is 4.99 Å². The lowest BCUT2D eigenvalue weighted by atomic mass is 10.1. The van der Waals surface area contributed by atoms with E-state index in [1.165, 1.54) is 5.56 Å². The fourth-order valence-electron chi connectivity index (χ4n) is 2.80. The number of nitrogens with zero attached hydrogens (tertiary/aromatic N) is 4. The number of ether oxygens (including phenoxy) is 1. The molecular weight excluding hydrogens is 364 g/mol. The Morgan fingerprint density at radius 2 is 1.97 bits per heavy atom. The average Bonchev–Trinajstić information content (AvgIpc) is 3.20. The van der Waals surface area contributed by atoms with Crippen molar-refractivity contribution in [1.29, 1.82) is 0 Å². The van der Waals surface area contributed by atoms with E-state index >= 15 is 0 Å². The molecule has 0 aliphatic carbocycles. The molecule has 2 aromatic rings. The van der Waals surface area contributed by atoms with Crippen LogP contribution in [-0.2, 0) is 13.1 Å². The maximum Gasteiger partial charge on any atom is 0.191 e. The lowest BCUT2D eigenvalue weighted by molar-refractivity contribution is 0.287. The van der Waals surface area contributed by atoms with Gasteiger partial charge in [0.15, 0.2) is 5.96 Å². The van der Waals surface area contributed by atoms with Gasteiger partial charge in [0, 0.05) is 25.2 Å². The van der Waals surface area contributed by atoms with Gasteiger partial charge < -0.3 is 19.9 Å². The second-order valence-electron chi connectivity index (χ2n) is 7.67. The van der Waals surface area contributed by atoms with Gasteiger partial charge in [-0.3, -0.25) is 0 Å². The first-order valence-corrected chi connectivity index (χ1v) is 10.7. The Kier molecular flexibility index (Phi) is 10.0. The summed E-state index contributed by atoms with van der Waals surface area (Å²) in [5, 5.41) is 14.4. The molecule has 0 unspecified atom stereocenters. The highest BCUT2D eigenvalue weighted by Gasteiger charge is 2.06. The average molecular weight is 401 g/mol. The molecule has 1 aromatic carbocycles. The monoisotopic (exact) mass is 400 g/mol. The largest absolute Gasteiger partial charge is 0.493 e. The Bertz CT molecular complexity index is 727. The van der Waals surface area contributed by atoms with E-state index in [2.05, 4.69) is 66.7 Å². The number of hydrogen-bond donors (Lipinski definition) is 2. The summed E-state index contributed by atoms with van der Waals surface area (Å²) in [6.07, 6.45) is 6.67. The summed E-state index contributed by atoms with van der Waals surface area (Å²) in [6, 6.07) is 6.34. The van der Waals surface area contributed by atoms with Crippen LogP contribution < -0.4 is 15.4 Å². The molecule has 2 rings (SSSR count). The molecule has 0 saturated heterocycles. The number of nitrogens with one attached hydrogen (secondary N) is 2. The van der Waals surface area contributed by atoms with E-state index in [1.54, 1.807) is 12.7 Å². The summed E-state index contributed by atoms with van der Waals surface area (Å²) in [6.45, 7) is 12.6. The molecule has 0 radical (unpaired) electrons. The maximum atomic E-state index is 6.05. The molecule has 0 bridgehead atoms. The molecule has 1 heterocycles. The van der Waals surface area contributed by atoms with Crippen LogP contribution in [0.5, 0.6) is 5.75 Å². The van der Waals surface area contributed by atoms with Crippen LogP contribution in [0.3, 0.4) is 0 Å². The lowest BCUT2D eigenvalue weighted by Gasteiger charge is -2.14. The molecule has 160 valence electrons. The molecular formula is C22H36N6O. The van der Waals surface area contributed by atoms with Crippen molar-refractivity contribution in [2.45, 2.75) is 60.0 Å². The third-order valence-corrected chi connectivity index (χ3v) is 4.53. The van der Waals surface area contributed by atoms with E-state index in [1.807, 2.05) is 4.57 Å². The fraction of sp³-hybridized carbons (Fsp3) is 0.591. The number of hydrogen-bond acceptors (Lipinski definition) is 4. The van der Waals surface area contributed by atoms with Crippen molar-refractivity contribution in [2.24, 2.45) is 10.9 Å². The number of aryl methyl sites for hydroxylation is 2. The van der Waals surface area contributed by atoms with Crippen LogP contribution in [-0.4, -0.2) is 40.4 Å². The SMILES string of the molecule is CCNC(=NCc1ccc(C)cc1OCCC(C)C)NCCCCn1cnnc1. The molecule has 0 saturated carbocycles. The van der Waals surface area contributed by atoms with E-state index in [-0.39, 0.29) is 0 Å². The summed E-state index contributed by atoms with van der Waals surface area (Å²) in [5.74, 6) is 2.42. The Balaban J connectivity index is 1.86. The second-order valence-corrected chi connectivity index (χ2v) is 7.67. The van der Waals surface area contributed by atoms with Gasteiger partial charge in [0.1, 0.15) is 18.4 Å². The van der Waals surface area contributed by atoms with Crippen LogP contribution >= 0.6 is 0 Å². The van der Waals surface area contributed by atoms with Gasteiger partial charge in [-0.15, -0.1) is 10.2 Å². The molecule has 0 spiro atoms. The predicted octanol–water partition coefficient (Wildman–Crippen LogP) is 3.55. The molecule has 0 amide bonds. The molecule has 7 nitrogen and oxygen atoms in total. The van der Waals surface area contributed by atoms with E-state index in [4.69, 9.17) is 9.73 Å². The van der Waals surface area contributed by atoms with Crippen molar-refractivity contribution >= 4 is 5.96 Å². The number of guanidine groups is 1. The normalized spacial score (nSPS) is 11.7. The highest BCUT2D eigenvalue weighted by atomic mass is 16.5. The van der Waals surface area contributed by atoms with Crippen LogP contribution in [0.4, 0.5) is 0 Å². The zero-order chi connectivity index (χ0) is 20.9. The quantitative estimate of drug-likeness (QED) is 0.324. The van der Waals surface area contributed by atoms with E-state index in [9.17, 15) is 0 Å². The Morgan fingerprint density at radius 3 is 2.69 bits per heavy atom. The summed E-state index contributed by atoms with van der Waals surface area (Å²) < 4.78 is 8.04. The van der Waals surface area contributed by atoms with Crippen molar-refractivity contribution in [2.75, 3.05) is 19.7 Å². The second kappa shape index (κ2) is 12.8. The molecule has 29 heavy (non-hydrogen) atoms. The summed E-state index contributed by atoms with van der Waals surface area (Å²) in [4.78, 5) is 4.75. The zero-order valence-corrected chi connectivity index (χ0v) is 18.3. The van der Waals surface area contributed by atoms with Gasteiger partial charge in [-0.1, -0.05) is 26.0 Å². The van der Waals surface area contributed by atoms with Gasteiger partial charge in [-0.2, -0.15) is 0 Å². The van der Waals surface area contributed by atoms with Gasteiger partial charge in [-0.05, 0) is 50.7 Å². The number of benzene rings is 1. The first-order valence-electron chi connectivity index (χ1n) is 10.7. The van der Waals surface area contributed by atoms with Crippen molar-refractivity contribution in [1.82, 2.24) is 25.4 Å². The van der Waals surface area contributed by atoms with E-state index < -0.39 is 0 Å². The molecule has 0 atom stereocenters. The third kappa shape index (κ3) is 8.98. The molecule has 0 aliphatic heterocycles. The number of aliphatic imine (C=N–C) groups is 1. The number of unbranched alkanes of at least 4 members (excludes halogenated alkanes) is 1. The van der Waals surface area contributed by atoms with E-state index in [0.29, 0.717) is 12.5 Å². The van der Waals surface area contributed by atoms with Crippen LogP contribution in [0.1, 0.15) is 51.2 Å². The maximum absolute atomic E-state index is 6.05. The molecule has 2 N–H and O–H groups in total. The first-order chi connectivity index (χ1) is 14.1. The molecule has 0 fully saturated rings. The predicted molar refractivity (Wildman–Crippen MR) is 118 cm³/mol. The highest BCUT2D eigenvalue weighted by Crippen LogP contribution is 2.22. The Morgan fingerprint density at radius 1 is 1.17 bits per heavy atom. The number of aromatic nitrogens is 3. The molecule has 1 aromatic heterocycles. The minimum absolute atomic E-state index is 0.591. The van der Waals surface area contributed by atoms with Crippen LogP contribution in [0.25, 0.3) is 0 Å². The van der Waals surface area contributed by atoms with Gasteiger partial charge in [0.05, 0.1) is 13.2 Å². The van der Waals surface area contributed by atoms with Crippen molar-refractivity contribution in [3.63, 3.8) is 0 Å². The summed E-state index contributed by atoms with van der Waals surface area (Å²) in [5.41, 5.74) is 2.32. The standard InChI is InChI=1S/C22H36N6O/c1-5-23-22(24-11-6-7-12-28-16-26-27-17-28)25-15-20-9-8-19(4)14-21(20)29-13-10-18(2)3/h8-9,14,16-18H,5-7,10-13,15H2,1-4H3,(H2,23,24,25). The Hall–Kier alpha value is -2.57. The van der Waals surface area contributed by atoms with Crippen molar-refractivity contribution in [3.8, 4) is 5.75 Å². The lowest BCUT2D eigenvalue weighted by Crippen LogP contribution is -2.37. The number of rotatable bonds is 12. The van der Waals surface area contributed by atoms with Crippen molar-refractivity contribution in [3.05, 3.63) is 42.0 Å². The minimum Gasteiger partial charge on any atom is -0.493 e. The first kappa shape index (κ1) is 22.7. The third-order valence-electron chi connectivity index (χ3n) is 4.53. The zero-order valence-electron chi connectivity index (χ0n) is 18.3. The Labute approximate surface area is 175 Å². The van der Waals surface area contributed by atoms with E-state index in [0.717, 1.165) is 62.8 Å². The molecule has 7 heteroatoms. The van der Waals surface area contributed by atoms with Crippen molar-refractivity contribution < 1.29 is 4.74 Å². The minimum atomic E-state index is 0.591.